The number of fused-ring (bicyclic) bond motifs is 2. The summed E-state index contributed by atoms with van der Waals surface area (Å²) in [5.41, 5.74) is 0.123. The Kier molecular flexibility index (Phi) is 3.49. The molecule has 1 N–H and O–H groups in total. The molecule has 4 aliphatic rings. The molecule has 124 valence electrons. The summed E-state index contributed by atoms with van der Waals surface area (Å²) in [6, 6.07) is -0.0559. The molecule has 4 rings (SSSR count). The van der Waals surface area contributed by atoms with Crippen LogP contribution in [0.15, 0.2) is 12.2 Å². The molecule has 2 unspecified atom stereocenters. The van der Waals surface area contributed by atoms with Gasteiger partial charge in [0, 0.05) is 13.5 Å². The van der Waals surface area contributed by atoms with Crippen molar-refractivity contribution in [3.8, 4) is 0 Å². The van der Waals surface area contributed by atoms with Gasteiger partial charge in [0.05, 0.1) is 17.5 Å². The summed E-state index contributed by atoms with van der Waals surface area (Å²) >= 11 is 0. The number of rotatable bonds is 3. The summed E-state index contributed by atoms with van der Waals surface area (Å²) in [5, 5.41) is 3.01. The fourth-order valence-corrected chi connectivity index (χ4v) is 6.31. The van der Waals surface area contributed by atoms with Crippen LogP contribution in [0.4, 0.5) is 0 Å². The Bertz CT molecular complexity index is 624. The maximum Gasteiger partial charge on any atom is 0.253 e. The monoisotopic (exact) mass is 327 g/mol. The van der Waals surface area contributed by atoms with Gasteiger partial charge in [0.15, 0.2) is 15.4 Å². The third-order valence-electron chi connectivity index (χ3n) is 6.27. The van der Waals surface area contributed by atoms with E-state index in [1.165, 1.54) is 7.11 Å². The van der Waals surface area contributed by atoms with Crippen LogP contribution in [0.2, 0.25) is 0 Å². The largest absolute Gasteiger partial charge is 0.367 e. The van der Waals surface area contributed by atoms with Crippen molar-refractivity contribution in [3.05, 3.63) is 12.2 Å². The van der Waals surface area contributed by atoms with Gasteiger partial charge >= 0.3 is 0 Å². The highest BCUT2D eigenvalue weighted by Gasteiger charge is 2.56. The van der Waals surface area contributed by atoms with Crippen LogP contribution in [0.3, 0.4) is 0 Å². The van der Waals surface area contributed by atoms with Crippen molar-refractivity contribution in [3.63, 3.8) is 0 Å². The zero-order valence-corrected chi connectivity index (χ0v) is 14.3. The van der Waals surface area contributed by atoms with Crippen molar-refractivity contribution in [2.75, 3.05) is 18.6 Å². The number of methoxy groups -OCH3 is 1. The lowest BCUT2D eigenvalue weighted by atomic mass is 9.46. The Hall–Kier alpha value is -0.880. The lowest BCUT2D eigenvalue weighted by Crippen LogP contribution is -2.60. The molecule has 0 spiro atoms. The molecule has 5 nitrogen and oxygen atoms in total. The minimum absolute atomic E-state index is 0.0121. The summed E-state index contributed by atoms with van der Waals surface area (Å²) in [4.78, 5) is 12.6. The molecule has 1 amide bonds. The molecule has 3 aliphatic carbocycles. The number of amides is 1. The van der Waals surface area contributed by atoms with Crippen LogP contribution in [0.5, 0.6) is 0 Å². The zero-order chi connectivity index (χ0) is 16.3. The molecular weight excluding hydrogens is 302 g/mol. The topological polar surface area (TPSA) is 72.5 Å². The van der Waals surface area contributed by atoms with Crippen molar-refractivity contribution in [1.29, 1.82) is 0 Å². The molecule has 0 aromatic carbocycles. The van der Waals surface area contributed by atoms with Gasteiger partial charge in [-0.1, -0.05) is 26.0 Å². The van der Waals surface area contributed by atoms with Crippen LogP contribution < -0.4 is 5.32 Å². The summed E-state index contributed by atoms with van der Waals surface area (Å²) in [7, 11) is -1.78. The van der Waals surface area contributed by atoms with Gasteiger partial charge in [-0.3, -0.25) is 4.79 Å². The van der Waals surface area contributed by atoms with Gasteiger partial charge in [0.25, 0.3) is 5.91 Å². The van der Waals surface area contributed by atoms with Crippen molar-refractivity contribution in [1.82, 2.24) is 5.32 Å². The van der Waals surface area contributed by atoms with Crippen LogP contribution in [0, 0.1) is 17.3 Å². The van der Waals surface area contributed by atoms with Crippen LogP contribution in [-0.2, 0) is 19.4 Å². The second-order valence-corrected chi connectivity index (χ2v) is 9.87. The Labute approximate surface area is 132 Å². The first kappa shape index (κ1) is 16.0. The molecule has 2 bridgehead atoms. The van der Waals surface area contributed by atoms with Gasteiger partial charge < -0.3 is 10.1 Å². The first-order chi connectivity index (χ1) is 10.1. The van der Waals surface area contributed by atoms with Gasteiger partial charge in [0.2, 0.25) is 0 Å². The Morgan fingerprint density at radius 1 is 1.36 bits per heavy atom. The van der Waals surface area contributed by atoms with Crippen LogP contribution in [-0.4, -0.2) is 44.6 Å². The molecule has 0 aromatic heterocycles. The quantitative estimate of drug-likeness (QED) is 0.793. The molecule has 3 saturated carbocycles. The maximum atomic E-state index is 12.6. The molecular formula is C16H25NO4S. The van der Waals surface area contributed by atoms with E-state index in [4.69, 9.17) is 4.74 Å². The number of nitrogens with one attached hydrogen (secondary N) is 1. The number of carbonyl (C=O) groups is 1. The molecule has 1 heterocycles. The van der Waals surface area contributed by atoms with E-state index >= 15 is 0 Å². The third kappa shape index (κ3) is 2.22. The van der Waals surface area contributed by atoms with E-state index < -0.39 is 15.4 Å². The van der Waals surface area contributed by atoms with E-state index in [2.05, 4.69) is 25.7 Å². The van der Waals surface area contributed by atoms with Crippen LogP contribution in [0.25, 0.3) is 0 Å². The molecule has 1 saturated heterocycles. The van der Waals surface area contributed by atoms with Gasteiger partial charge in [-0.2, -0.15) is 0 Å². The summed E-state index contributed by atoms with van der Waals surface area (Å²) in [6.45, 7) is 8.71. The fourth-order valence-electron chi connectivity index (χ4n) is 4.42. The number of carbonyl (C=O) groups excluding carboxylic acids is 1. The molecule has 0 radical (unpaired) electrons. The van der Waals surface area contributed by atoms with Gasteiger partial charge in [-0.15, -0.1) is 0 Å². The van der Waals surface area contributed by atoms with Gasteiger partial charge in [-0.25, -0.2) is 8.42 Å². The minimum Gasteiger partial charge on any atom is -0.367 e. The predicted octanol–water partition coefficient (Wildman–Crippen LogP) is 1.30. The molecule has 0 aromatic rings. The number of hydrogen-bond acceptors (Lipinski definition) is 4. The van der Waals surface area contributed by atoms with E-state index in [1.807, 2.05) is 0 Å². The molecule has 6 heteroatoms. The second kappa shape index (κ2) is 4.81. The van der Waals surface area contributed by atoms with Crippen LogP contribution >= 0.6 is 0 Å². The van der Waals surface area contributed by atoms with E-state index in [-0.39, 0.29) is 35.3 Å². The second-order valence-electron chi connectivity index (χ2n) is 7.68. The van der Waals surface area contributed by atoms with E-state index in [0.29, 0.717) is 11.8 Å². The van der Waals surface area contributed by atoms with Gasteiger partial charge in [0.1, 0.15) is 0 Å². The minimum atomic E-state index is -3.19. The average Bonchev–Trinajstić information content (AvgIpc) is 2.77. The predicted molar refractivity (Wildman–Crippen MR) is 84.1 cm³/mol. The first-order valence-corrected chi connectivity index (χ1v) is 9.69. The molecule has 4 atom stereocenters. The normalized spacial score (nSPS) is 41.8. The highest BCUT2D eigenvalue weighted by Crippen LogP contribution is 2.60. The van der Waals surface area contributed by atoms with Crippen molar-refractivity contribution in [2.45, 2.75) is 44.8 Å². The first-order valence-electron chi connectivity index (χ1n) is 7.86. The Morgan fingerprint density at radius 2 is 2.05 bits per heavy atom. The van der Waals surface area contributed by atoms with Crippen molar-refractivity contribution in [2.24, 2.45) is 17.3 Å². The number of ether oxygens (including phenoxy) is 1. The van der Waals surface area contributed by atoms with E-state index in [9.17, 15) is 13.2 Å². The van der Waals surface area contributed by atoms with Gasteiger partial charge in [-0.05, 0) is 30.1 Å². The zero-order valence-electron chi connectivity index (χ0n) is 13.5. The molecule has 22 heavy (non-hydrogen) atoms. The molecule has 1 aliphatic heterocycles. The summed E-state index contributed by atoms with van der Waals surface area (Å²) < 4.78 is 28.8. The standard InChI is InChI=1S/C16H25NO4S/c1-10-12-7-11(15(12,2)3)8-13(10)17-14(18)16(21-4)5-6-22(19,20)9-16/h11-13H,1,5-9H2,2-4H3,(H,17,18)/t11-,12+,13?,16?/m1/s1. The Morgan fingerprint density at radius 3 is 2.50 bits per heavy atom. The third-order valence-corrected chi connectivity index (χ3v) is 8.00. The number of hydrogen-bond donors (Lipinski definition) is 1. The smallest absolute Gasteiger partial charge is 0.253 e. The van der Waals surface area contributed by atoms with Crippen LogP contribution in [0.1, 0.15) is 33.1 Å². The number of sulfone groups is 1. The highest BCUT2D eigenvalue weighted by atomic mass is 32.2. The lowest BCUT2D eigenvalue weighted by molar-refractivity contribution is -0.142. The average molecular weight is 327 g/mol. The van der Waals surface area contributed by atoms with E-state index in [0.717, 1.165) is 18.4 Å². The van der Waals surface area contributed by atoms with Crippen molar-refractivity contribution < 1.29 is 17.9 Å². The fraction of sp³-hybridized carbons (Fsp3) is 0.812. The molecule has 4 fully saturated rings. The van der Waals surface area contributed by atoms with Crippen molar-refractivity contribution >= 4 is 15.7 Å². The summed E-state index contributed by atoms with van der Waals surface area (Å²) in [6.07, 6.45) is 2.28. The maximum absolute atomic E-state index is 12.6. The Balaban J connectivity index is 1.72. The van der Waals surface area contributed by atoms with E-state index in [1.54, 1.807) is 0 Å². The lowest BCUT2D eigenvalue weighted by Gasteiger charge is -2.60. The SMILES string of the molecule is C=C1C(NC(=O)C2(OC)CCS(=O)(=O)C2)C[C@H]2C[C@@H]1C2(C)C. The summed E-state index contributed by atoms with van der Waals surface area (Å²) in [5.74, 6) is 0.528. The highest BCUT2D eigenvalue weighted by molar-refractivity contribution is 7.91.